The largest absolute Gasteiger partial charge is 0.352 e. The van der Waals surface area contributed by atoms with E-state index in [4.69, 9.17) is 0 Å². The third kappa shape index (κ3) is 8.79. The van der Waals surface area contributed by atoms with Gasteiger partial charge in [0.05, 0.1) is 15.5 Å². The van der Waals surface area contributed by atoms with Gasteiger partial charge in [-0.15, -0.1) is 0 Å². The van der Waals surface area contributed by atoms with Gasteiger partial charge in [-0.2, -0.15) is 0 Å². The van der Waals surface area contributed by atoms with Gasteiger partial charge in [-0.1, -0.05) is 83.5 Å². The minimum absolute atomic E-state index is 0.0170. The van der Waals surface area contributed by atoms with Crippen molar-refractivity contribution in [3.05, 3.63) is 135 Å². The molecule has 240 valence electrons. The molecule has 0 bridgehead atoms. The molecule has 2 amide bonds. The summed E-state index contributed by atoms with van der Waals surface area (Å²) < 4.78 is 29.8. The van der Waals surface area contributed by atoms with E-state index in [1.54, 1.807) is 18.2 Å². The number of anilines is 1. The van der Waals surface area contributed by atoms with Crippen molar-refractivity contribution < 1.29 is 22.9 Å². The zero-order valence-electron chi connectivity index (χ0n) is 25.5. The molecule has 0 spiro atoms. The number of amides is 2. The number of non-ortho nitro benzene ring substituents is 1. The molecule has 0 unspecified atom stereocenters. The van der Waals surface area contributed by atoms with Crippen LogP contribution in [-0.2, 0) is 32.6 Å². The highest BCUT2D eigenvalue weighted by Gasteiger charge is 2.35. The number of rotatable bonds is 14. The summed E-state index contributed by atoms with van der Waals surface area (Å²) in [6, 6.07) is 28.1. The van der Waals surface area contributed by atoms with Gasteiger partial charge in [0.2, 0.25) is 11.8 Å². The van der Waals surface area contributed by atoms with E-state index in [0.29, 0.717) is 6.42 Å². The van der Waals surface area contributed by atoms with Crippen LogP contribution in [0.1, 0.15) is 31.4 Å². The smallest absolute Gasteiger partial charge is 0.269 e. The number of sulfonamides is 1. The highest BCUT2D eigenvalue weighted by Crippen LogP contribution is 2.27. The third-order valence-corrected chi connectivity index (χ3v) is 9.75. The maximum Gasteiger partial charge on any atom is 0.269 e. The zero-order chi connectivity index (χ0) is 33.3. The van der Waals surface area contributed by atoms with Crippen LogP contribution in [0.25, 0.3) is 0 Å². The van der Waals surface area contributed by atoms with E-state index in [9.17, 15) is 28.1 Å². The summed E-state index contributed by atoms with van der Waals surface area (Å²) in [4.78, 5) is 40.4. The van der Waals surface area contributed by atoms with E-state index >= 15 is 0 Å². The molecule has 0 saturated carbocycles. The second-order valence-electron chi connectivity index (χ2n) is 10.8. The Morgan fingerprint density at radius 1 is 0.891 bits per heavy atom. The molecule has 0 aliphatic carbocycles. The van der Waals surface area contributed by atoms with E-state index < -0.39 is 33.4 Å². The maximum absolute atomic E-state index is 14.5. The summed E-state index contributed by atoms with van der Waals surface area (Å²) >= 11 is 3.47. The normalized spacial score (nSPS) is 12.5. The molecule has 4 aromatic carbocycles. The molecule has 2 atom stereocenters. The van der Waals surface area contributed by atoms with Gasteiger partial charge in [0, 0.05) is 35.6 Å². The first-order valence-corrected chi connectivity index (χ1v) is 16.9. The lowest BCUT2D eigenvalue weighted by molar-refractivity contribution is -0.384. The summed E-state index contributed by atoms with van der Waals surface area (Å²) in [5.41, 5.74) is 1.38. The number of carbonyl (C=O) groups excluding carboxylic acids is 2. The fraction of sp³-hybridized carbons (Fsp3) is 0.235. The van der Waals surface area contributed by atoms with E-state index in [1.165, 1.54) is 41.3 Å². The average molecular weight is 708 g/mol. The first-order valence-electron chi connectivity index (χ1n) is 14.7. The second kappa shape index (κ2) is 15.6. The van der Waals surface area contributed by atoms with E-state index in [2.05, 4.69) is 21.2 Å². The molecular weight excluding hydrogens is 672 g/mol. The summed E-state index contributed by atoms with van der Waals surface area (Å²) in [7, 11) is -4.32. The van der Waals surface area contributed by atoms with Crippen LogP contribution >= 0.6 is 15.9 Å². The number of hydrogen-bond donors (Lipinski definition) is 1. The summed E-state index contributed by atoms with van der Waals surface area (Å²) in [5, 5.41) is 14.3. The minimum Gasteiger partial charge on any atom is -0.352 e. The van der Waals surface area contributed by atoms with E-state index in [-0.39, 0.29) is 41.2 Å². The van der Waals surface area contributed by atoms with Crippen molar-refractivity contribution in [1.82, 2.24) is 10.2 Å². The van der Waals surface area contributed by atoms with Crippen LogP contribution in [-0.4, -0.2) is 48.7 Å². The molecule has 4 aromatic rings. The van der Waals surface area contributed by atoms with Gasteiger partial charge in [-0.05, 0) is 60.9 Å². The van der Waals surface area contributed by atoms with Crippen molar-refractivity contribution >= 4 is 49.1 Å². The van der Waals surface area contributed by atoms with E-state index in [1.807, 2.05) is 68.4 Å². The third-order valence-electron chi connectivity index (χ3n) is 7.47. The molecule has 1 N–H and O–H groups in total. The molecule has 46 heavy (non-hydrogen) atoms. The number of halogens is 1. The van der Waals surface area contributed by atoms with E-state index in [0.717, 1.165) is 19.9 Å². The van der Waals surface area contributed by atoms with Gasteiger partial charge in [-0.25, -0.2) is 8.42 Å². The molecule has 0 saturated heterocycles. The Kier molecular flexibility index (Phi) is 11.7. The predicted octanol–water partition coefficient (Wildman–Crippen LogP) is 6.11. The quantitative estimate of drug-likeness (QED) is 0.124. The SMILES string of the molecule is CC[C@H](C)NC(=O)[C@H](Cc1ccccc1)N(Cc1cccc(Br)c1)C(=O)CN(c1ccc([N+](=O)[O-])cc1)S(=O)(=O)c1ccccc1. The predicted molar refractivity (Wildman–Crippen MR) is 181 cm³/mol. The molecule has 0 aliphatic heterocycles. The van der Waals surface area contributed by atoms with Crippen LogP contribution in [0.4, 0.5) is 11.4 Å². The molecule has 0 aromatic heterocycles. The first-order chi connectivity index (χ1) is 22.0. The van der Waals surface area contributed by atoms with Gasteiger partial charge in [-0.3, -0.25) is 24.0 Å². The Hall–Kier alpha value is -4.55. The Bertz CT molecular complexity index is 1760. The Balaban J connectivity index is 1.81. The highest BCUT2D eigenvalue weighted by atomic mass is 79.9. The lowest BCUT2D eigenvalue weighted by atomic mass is 10.0. The standard InChI is InChI=1S/C34H35BrN4O6S/c1-3-25(2)36-34(41)32(22-26-11-6-4-7-12-26)37(23-27-13-10-14-28(35)21-27)33(40)24-38(29-17-19-30(20-18-29)39(42)43)46(44,45)31-15-8-5-9-16-31/h4-21,25,32H,3,22-24H2,1-2H3,(H,36,41)/t25-,32-/m0/s1. The second-order valence-corrected chi connectivity index (χ2v) is 13.6. The number of nitrogens with one attached hydrogen (secondary N) is 1. The van der Waals surface area contributed by atoms with Crippen LogP contribution in [0, 0.1) is 10.1 Å². The van der Waals surface area contributed by atoms with Crippen molar-refractivity contribution in [3.63, 3.8) is 0 Å². The number of benzene rings is 4. The molecular formula is C34H35BrN4O6S. The van der Waals surface area contributed by atoms with Gasteiger partial charge in [0.25, 0.3) is 15.7 Å². The van der Waals surface area contributed by atoms with Crippen LogP contribution < -0.4 is 9.62 Å². The fourth-order valence-electron chi connectivity index (χ4n) is 4.82. The van der Waals surface area contributed by atoms with Gasteiger partial charge < -0.3 is 10.2 Å². The lowest BCUT2D eigenvalue weighted by Crippen LogP contribution is -2.54. The topological polar surface area (TPSA) is 130 Å². The number of hydrogen-bond acceptors (Lipinski definition) is 6. The van der Waals surface area contributed by atoms with Gasteiger partial charge >= 0.3 is 0 Å². The van der Waals surface area contributed by atoms with Crippen molar-refractivity contribution in [1.29, 1.82) is 0 Å². The number of nitro groups is 1. The van der Waals surface area contributed by atoms with Crippen molar-refractivity contribution in [3.8, 4) is 0 Å². The van der Waals surface area contributed by atoms with Crippen molar-refractivity contribution in [2.45, 2.75) is 50.2 Å². The first kappa shape index (κ1) is 34.3. The van der Waals surface area contributed by atoms with Crippen LogP contribution in [0.15, 0.2) is 119 Å². The average Bonchev–Trinajstić information content (AvgIpc) is 3.05. The zero-order valence-corrected chi connectivity index (χ0v) is 27.9. The molecule has 0 heterocycles. The monoisotopic (exact) mass is 706 g/mol. The molecule has 10 nitrogen and oxygen atoms in total. The highest BCUT2D eigenvalue weighted by molar-refractivity contribution is 9.10. The van der Waals surface area contributed by atoms with Crippen molar-refractivity contribution in [2.24, 2.45) is 0 Å². The van der Waals surface area contributed by atoms with Crippen LogP contribution in [0.5, 0.6) is 0 Å². The molecule has 0 fully saturated rings. The Labute approximate surface area is 277 Å². The fourth-order valence-corrected chi connectivity index (χ4v) is 6.70. The molecule has 0 aliphatic rings. The van der Waals surface area contributed by atoms with Gasteiger partial charge in [0.1, 0.15) is 12.6 Å². The Morgan fingerprint density at radius 3 is 2.09 bits per heavy atom. The Morgan fingerprint density at radius 2 is 1.50 bits per heavy atom. The molecule has 4 rings (SSSR count). The summed E-state index contributed by atoms with van der Waals surface area (Å²) in [6.07, 6.45) is 0.860. The number of nitrogens with zero attached hydrogens (tertiary/aromatic N) is 3. The van der Waals surface area contributed by atoms with Crippen molar-refractivity contribution in [2.75, 3.05) is 10.8 Å². The minimum atomic E-state index is -4.32. The number of carbonyl (C=O) groups is 2. The van der Waals surface area contributed by atoms with Gasteiger partial charge in [0.15, 0.2) is 0 Å². The molecule has 0 radical (unpaired) electrons. The maximum atomic E-state index is 14.5. The lowest BCUT2D eigenvalue weighted by Gasteiger charge is -2.34. The number of nitro benzene ring substituents is 1. The summed E-state index contributed by atoms with van der Waals surface area (Å²) in [5.74, 6) is -0.993. The molecule has 12 heteroatoms. The van der Waals surface area contributed by atoms with Crippen LogP contribution in [0.2, 0.25) is 0 Å². The van der Waals surface area contributed by atoms with Crippen LogP contribution in [0.3, 0.4) is 0 Å². The summed E-state index contributed by atoms with van der Waals surface area (Å²) in [6.45, 7) is 3.17.